The van der Waals surface area contributed by atoms with Crippen LogP contribution in [0.15, 0.2) is 0 Å². The van der Waals surface area contributed by atoms with Crippen molar-refractivity contribution < 1.29 is 24.1 Å². The van der Waals surface area contributed by atoms with Crippen LogP contribution >= 0.6 is 0 Å². The zero-order chi connectivity index (χ0) is 13.6. The Morgan fingerprint density at radius 2 is 1.94 bits per heavy atom. The minimum atomic E-state index is -0.307. The molecule has 5 heteroatoms. The van der Waals surface area contributed by atoms with E-state index in [1.165, 1.54) is 7.11 Å². The van der Waals surface area contributed by atoms with E-state index in [1.807, 2.05) is 0 Å². The van der Waals surface area contributed by atoms with Gasteiger partial charge in [-0.1, -0.05) is 13.8 Å². The standard InChI is InChI=1S/C7H14O2.C6H10O3/c1-7(2)3-4-9-5-6(7)8;1-8-6-4-9-3-2-5(6)7/h6,8H,3-5H2,1-2H3;6H,2-4H2,1H3. The number of methoxy groups -OCH3 is 1. The Balaban J connectivity index is 0.000000180. The molecule has 2 aliphatic heterocycles. The Labute approximate surface area is 108 Å². The second kappa shape index (κ2) is 7.19. The Hall–Kier alpha value is -0.490. The second-order valence-electron chi connectivity index (χ2n) is 5.34. The number of carbonyl (C=O) groups excluding carboxylic acids is 1. The maximum atomic E-state index is 10.8. The van der Waals surface area contributed by atoms with Crippen molar-refractivity contribution >= 4 is 5.78 Å². The highest BCUT2D eigenvalue weighted by molar-refractivity contribution is 5.83. The number of rotatable bonds is 1. The van der Waals surface area contributed by atoms with Gasteiger partial charge in [-0.05, 0) is 11.8 Å². The average molecular weight is 260 g/mol. The van der Waals surface area contributed by atoms with Crippen LogP contribution in [-0.4, -0.2) is 56.6 Å². The molecule has 0 spiro atoms. The number of aliphatic hydroxyl groups is 1. The predicted molar refractivity (Wildman–Crippen MR) is 66.5 cm³/mol. The summed E-state index contributed by atoms with van der Waals surface area (Å²) in [5.74, 6) is 0.156. The summed E-state index contributed by atoms with van der Waals surface area (Å²) in [6, 6.07) is 0. The number of aliphatic hydroxyl groups excluding tert-OH is 1. The lowest BCUT2D eigenvalue weighted by Crippen LogP contribution is -2.38. The van der Waals surface area contributed by atoms with Crippen LogP contribution in [0.5, 0.6) is 0 Å². The van der Waals surface area contributed by atoms with E-state index >= 15 is 0 Å². The molecule has 2 rings (SSSR count). The monoisotopic (exact) mass is 260 g/mol. The molecule has 0 radical (unpaired) electrons. The summed E-state index contributed by atoms with van der Waals surface area (Å²) in [7, 11) is 1.53. The highest BCUT2D eigenvalue weighted by Gasteiger charge is 2.30. The molecule has 0 bridgehead atoms. The lowest BCUT2D eigenvalue weighted by Gasteiger charge is -2.34. The summed E-state index contributed by atoms with van der Waals surface area (Å²) in [5.41, 5.74) is 0.0677. The molecule has 18 heavy (non-hydrogen) atoms. The van der Waals surface area contributed by atoms with E-state index in [1.54, 1.807) is 0 Å². The Bertz CT molecular complexity index is 264. The SMILES string of the molecule is CC1(C)CCOCC1O.COC1COCCC1=O. The first-order chi connectivity index (χ1) is 8.47. The molecular formula is C13H24O5. The number of hydrogen-bond donors (Lipinski definition) is 1. The van der Waals surface area contributed by atoms with Gasteiger partial charge in [0, 0.05) is 20.1 Å². The fourth-order valence-electron chi connectivity index (χ4n) is 1.74. The molecule has 2 saturated heterocycles. The van der Waals surface area contributed by atoms with Crippen molar-refractivity contribution in [2.24, 2.45) is 5.41 Å². The lowest BCUT2D eigenvalue weighted by atomic mass is 9.82. The van der Waals surface area contributed by atoms with E-state index in [2.05, 4.69) is 13.8 Å². The summed E-state index contributed by atoms with van der Waals surface area (Å²) in [4.78, 5) is 10.8. The van der Waals surface area contributed by atoms with Gasteiger partial charge in [-0.15, -0.1) is 0 Å². The molecule has 2 aliphatic rings. The van der Waals surface area contributed by atoms with E-state index in [0.29, 0.717) is 26.2 Å². The van der Waals surface area contributed by atoms with E-state index in [-0.39, 0.29) is 23.4 Å². The topological polar surface area (TPSA) is 65.0 Å². The molecular weight excluding hydrogens is 236 g/mol. The molecule has 2 fully saturated rings. The molecule has 0 saturated carbocycles. The van der Waals surface area contributed by atoms with Crippen LogP contribution in [0.25, 0.3) is 0 Å². The smallest absolute Gasteiger partial charge is 0.166 e. The zero-order valence-corrected chi connectivity index (χ0v) is 11.5. The third kappa shape index (κ3) is 4.65. The average Bonchev–Trinajstić information content (AvgIpc) is 2.34. The van der Waals surface area contributed by atoms with Gasteiger partial charge >= 0.3 is 0 Å². The highest BCUT2D eigenvalue weighted by Crippen LogP contribution is 2.28. The summed E-state index contributed by atoms with van der Waals surface area (Å²) in [5, 5.41) is 9.31. The molecule has 2 unspecified atom stereocenters. The summed E-state index contributed by atoms with van der Waals surface area (Å²) in [6.07, 6.45) is 0.886. The van der Waals surface area contributed by atoms with Gasteiger partial charge in [-0.25, -0.2) is 0 Å². The van der Waals surface area contributed by atoms with Gasteiger partial charge in [0.15, 0.2) is 5.78 Å². The number of Topliss-reactive ketones (excluding diaryl/α,β-unsaturated/α-hetero) is 1. The van der Waals surface area contributed by atoms with Gasteiger partial charge in [0.2, 0.25) is 0 Å². The van der Waals surface area contributed by atoms with Gasteiger partial charge in [0.1, 0.15) is 6.10 Å². The van der Waals surface area contributed by atoms with Crippen LogP contribution in [-0.2, 0) is 19.0 Å². The summed E-state index contributed by atoms with van der Waals surface area (Å²) < 4.78 is 14.9. The van der Waals surface area contributed by atoms with Crippen molar-refractivity contribution in [3.63, 3.8) is 0 Å². The number of ketones is 1. The first-order valence-electron chi connectivity index (χ1n) is 6.36. The van der Waals surface area contributed by atoms with Gasteiger partial charge in [0.25, 0.3) is 0 Å². The van der Waals surface area contributed by atoms with Crippen molar-refractivity contribution in [1.82, 2.24) is 0 Å². The van der Waals surface area contributed by atoms with E-state index in [0.717, 1.165) is 13.0 Å². The lowest BCUT2D eigenvalue weighted by molar-refractivity contribution is -0.139. The van der Waals surface area contributed by atoms with Gasteiger partial charge in [0.05, 0.1) is 25.9 Å². The van der Waals surface area contributed by atoms with Crippen molar-refractivity contribution in [3.05, 3.63) is 0 Å². The molecule has 0 amide bonds. The minimum Gasteiger partial charge on any atom is -0.390 e. The van der Waals surface area contributed by atoms with Crippen LogP contribution in [0.2, 0.25) is 0 Å². The molecule has 0 aliphatic carbocycles. The molecule has 2 atom stereocenters. The van der Waals surface area contributed by atoms with Crippen LogP contribution in [0, 0.1) is 5.41 Å². The van der Waals surface area contributed by atoms with Crippen LogP contribution in [0.3, 0.4) is 0 Å². The maximum absolute atomic E-state index is 10.8. The zero-order valence-electron chi connectivity index (χ0n) is 11.5. The van der Waals surface area contributed by atoms with E-state index < -0.39 is 0 Å². The quantitative estimate of drug-likeness (QED) is 0.755. The molecule has 0 aromatic rings. The minimum absolute atomic E-state index is 0.0677. The molecule has 1 N–H and O–H groups in total. The van der Waals surface area contributed by atoms with Gasteiger partial charge < -0.3 is 19.3 Å². The van der Waals surface area contributed by atoms with Gasteiger partial charge in [-0.2, -0.15) is 0 Å². The molecule has 0 aromatic carbocycles. The number of ether oxygens (including phenoxy) is 3. The third-order valence-electron chi connectivity index (χ3n) is 3.47. The highest BCUT2D eigenvalue weighted by atomic mass is 16.5. The normalized spacial score (nSPS) is 31.4. The maximum Gasteiger partial charge on any atom is 0.166 e. The van der Waals surface area contributed by atoms with E-state index in [4.69, 9.17) is 14.2 Å². The number of carbonyl (C=O) groups is 1. The van der Waals surface area contributed by atoms with Crippen LogP contribution < -0.4 is 0 Å². The molecule has 106 valence electrons. The fraction of sp³-hybridized carbons (Fsp3) is 0.923. The van der Waals surface area contributed by atoms with Crippen molar-refractivity contribution in [2.75, 3.05) is 33.5 Å². The number of hydrogen-bond acceptors (Lipinski definition) is 5. The van der Waals surface area contributed by atoms with Crippen molar-refractivity contribution in [1.29, 1.82) is 0 Å². The fourth-order valence-corrected chi connectivity index (χ4v) is 1.74. The molecule has 0 aromatic heterocycles. The first-order valence-corrected chi connectivity index (χ1v) is 6.36. The largest absolute Gasteiger partial charge is 0.390 e. The van der Waals surface area contributed by atoms with Gasteiger partial charge in [-0.3, -0.25) is 4.79 Å². The van der Waals surface area contributed by atoms with E-state index in [9.17, 15) is 9.90 Å². The predicted octanol–water partition coefficient (Wildman–Crippen LogP) is 0.785. The summed E-state index contributed by atoms with van der Waals surface area (Å²) >= 11 is 0. The third-order valence-corrected chi connectivity index (χ3v) is 3.47. The van der Waals surface area contributed by atoms with Crippen LogP contribution in [0.4, 0.5) is 0 Å². The molecule has 5 nitrogen and oxygen atoms in total. The Morgan fingerprint density at radius 1 is 1.28 bits per heavy atom. The van der Waals surface area contributed by atoms with Crippen molar-refractivity contribution in [2.45, 2.75) is 38.9 Å². The molecule has 2 heterocycles. The van der Waals surface area contributed by atoms with Crippen molar-refractivity contribution in [3.8, 4) is 0 Å². The Morgan fingerprint density at radius 3 is 2.33 bits per heavy atom. The Kier molecular flexibility index (Phi) is 6.21. The first kappa shape index (κ1) is 15.6. The second-order valence-corrected chi connectivity index (χ2v) is 5.34. The van der Waals surface area contributed by atoms with Crippen LogP contribution in [0.1, 0.15) is 26.7 Å². The summed E-state index contributed by atoms with van der Waals surface area (Å²) in [6.45, 7) is 6.42.